The van der Waals surface area contributed by atoms with E-state index in [1.807, 2.05) is 76.3 Å². The molecular formula is C52H80N2O15. The van der Waals surface area contributed by atoms with E-state index >= 15 is 0 Å². The van der Waals surface area contributed by atoms with Gasteiger partial charge in [0.05, 0.1) is 75.5 Å². The number of methoxy groups -OCH3 is 2. The zero-order valence-corrected chi connectivity index (χ0v) is 42.1. The van der Waals surface area contributed by atoms with Gasteiger partial charge in [-0.15, -0.1) is 0 Å². The Morgan fingerprint density at radius 1 is 0.928 bits per heavy atom. The van der Waals surface area contributed by atoms with E-state index in [9.17, 15) is 24.9 Å². The maximum Gasteiger partial charge on any atom is 0.308 e. The van der Waals surface area contributed by atoms with Crippen molar-refractivity contribution in [1.82, 2.24) is 4.90 Å². The number of aliphatic hydroxyl groups is 3. The minimum atomic E-state index is -1.25. The van der Waals surface area contributed by atoms with Crippen LogP contribution in [-0.2, 0) is 57.1 Å². The number of benzene rings is 1. The summed E-state index contributed by atoms with van der Waals surface area (Å²) in [7, 11) is 6.65. The van der Waals surface area contributed by atoms with Gasteiger partial charge in [0.25, 0.3) is 0 Å². The van der Waals surface area contributed by atoms with Crippen molar-refractivity contribution in [3.05, 3.63) is 65.8 Å². The van der Waals surface area contributed by atoms with Crippen LogP contribution in [-0.4, -0.2) is 179 Å². The molecule has 1 saturated carbocycles. The molecule has 3 N–H and O–H groups in total. The number of fused-ring (bicyclic) bond motifs is 3. The molecule has 69 heavy (non-hydrogen) atoms. The second-order valence-corrected chi connectivity index (χ2v) is 19.1. The van der Waals surface area contributed by atoms with Gasteiger partial charge in [-0.25, -0.2) is 0 Å². The first-order valence-corrected chi connectivity index (χ1v) is 24.6. The van der Waals surface area contributed by atoms with Gasteiger partial charge in [-0.1, -0.05) is 86.1 Å². The fourth-order valence-electron chi connectivity index (χ4n) is 9.86. The molecule has 388 valence electrons. The number of nitrogens with zero attached hydrogens (tertiary/aromatic N) is 2. The van der Waals surface area contributed by atoms with E-state index in [1.165, 1.54) is 7.11 Å². The lowest BCUT2D eigenvalue weighted by atomic mass is 9.79. The molecule has 0 radical (unpaired) electrons. The van der Waals surface area contributed by atoms with Gasteiger partial charge in [-0.2, -0.15) is 0 Å². The van der Waals surface area contributed by atoms with Gasteiger partial charge < -0.3 is 67.7 Å². The standard InChI is InChI=1S/C52H80N2O15/c1-10-42-38(28-64-43-21-20-41(56)50(60-8)51(43)61-9)25-32(2)18-19-40(55)33(3)26-37-22-24-62-29-39(53-66-31-63-23-14-17-36-15-12-11-13-16-36)30-65-44(27-45(57)68-42)34(4)49(37)69-52-48(59)46(54(6)7)47(58)35(5)67-52/h11-19,25,33-35,37-38,41-44,46-52,56,58-59H,10,20-24,26-31H2,1-9H3/b17-14+,19-18+,32-25+,53-39+/t33-,34+,35-,37?,38-,41-,42-,43-,44-,46+,47-,48-,49-,50-,51+,52+/m1/s1. The smallest absolute Gasteiger partial charge is 0.308 e. The van der Waals surface area contributed by atoms with E-state index in [1.54, 1.807) is 45.2 Å². The zero-order chi connectivity index (χ0) is 50.0. The highest BCUT2D eigenvalue weighted by atomic mass is 16.7. The number of hydrogen-bond donors (Lipinski definition) is 3. The molecule has 17 nitrogen and oxygen atoms in total. The molecule has 1 unspecified atom stereocenters. The van der Waals surface area contributed by atoms with Gasteiger partial charge in [0, 0.05) is 38.6 Å². The summed E-state index contributed by atoms with van der Waals surface area (Å²) in [5, 5.41) is 37.8. The summed E-state index contributed by atoms with van der Waals surface area (Å²) in [6.45, 7) is 9.93. The van der Waals surface area contributed by atoms with Crippen molar-refractivity contribution in [3.8, 4) is 0 Å². The summed E-state index contributed by atoms with van der Waals surface area (Å²) in [6, 6.07) is 9.17. The predicted octanol–water partition coefficient (Wildman–Crippen LogP) is 4.90. The van der Waals surface area contributed by atoms with Crippen LogP contribution in [0.15, 0.2) is 65.4 Å². The fraction of sp³-hybridized carbons (Fsp3) is 0.712. The summed E-state index contributed by atoms with van der Waals surface area (Å²) in [5.74, 6) is -2.43. The first kappa shape index (κ1) is 56.5. The topological polar surface area (TPSA) is 203 Å². The van der Waals surface area contributed by atoms with Crippen LogP contribution in [0.2, 0.25) is 0 Å². The van der Waals surface area contributed by atoms with Crippen molar-refractivity contribution in [3.63, 3.8) is 0 Å². The van der Waals surface area contributed by atoms with Crippen LogP contribution in [0.4, 0.5) is 0 Å². The molecule has 1 aliphatic carbocycles. The maximum atomic E-state index is 14.4. The lowest BCUT2D eigenvalue weighted by molar-refractivity contribution is -0.305. The van der Waals surface area contributed by atoms with Crippen LogP contribution in [0, 0.1) is 23.7 Å². The number of carbonyl (C=O) groups is 2. The number of hydrogen-bond acceptors (Lipinski definition) is 17. The molecule has 3 aliphatic heterocycles. The highest BCUT2D eigenvalue weighted by Crippen LogP contribution is 2.36. The lowest BCUT2D eigenvalue weighted by Gasteiger charge is -2.47. The number of ketones is 1. The van der Waals surface area contributed by atoms with Crippen LogP contribution < -0.4 is 0 Å². The molecular weight excluding hydrogens is 893 g/mol. The minimum absolute atomic E-state index is 0.0544. The van der Waals surface area contributed by atoms with E-state index in [0.29, 0.717) is 44.4 Å². The Labute approximate surface area is 409 Å². The number of carbonyl (C=O) groups excluding carboxylic acids is 2. The summed E-state index contributed by atoms with van der Waals surface area (Å²) in [5.41, 5.74) is 2.26. The number of oxime groups is 1. The van der Waals surface area contributed by atoms with Gasteiger partial charge in [-0.3, -0.25) is 9.59 Å². The van der Waals surface area contributed by atoms with Gasteiger partial charge in [0.1, 0.15) is 30.1 Å². The normalized spacial score (nSPS) is 37.8. The van der Waals surface area contributed by atoms with Gasteiger partial charge in [0.15, 0.2) is 12.1 Å². The molecule has 17 heteroatoms. The summed E-state index contributed by atoms with van der Waals surface area (Å²) < 4.78 is 55.9. The number of esters is 1. The molecule has 1 aromatic rings. The van der Waals surface area contributed by atoms with Crippen molar-refractivity contribution in [2.75, 3.05) is 68.1 Å². The Balaban J connectivity index is 1.46. The fourth-order valence-corrected chi connectivity index (χ4v) is 9.86. The quantitative estimate of drug-likeness (QED) is 0.0927. The summed E-state index contributed by atoms with van der Waals surface area (Å²) in [6.07, 6.45) is 2.71. The molecule has 4 aliphatic rings. The molecule has 16 atom stereocenters. The van der Waals surface area contributed by atoms with Crippen molar-refractivity contribution >= 4 is 23.5 Å². The minimum Gasteiger partial charge on any atom is -0.462 e. The molecule has 2 saturated heterocycles. The zero-order valence-electron chi connectivity index (χ0n) is 42.1. The van der Waals surface area contributed by atoms with Crippen molar-refractivity contribution in [2.45, 2.75) is 147 Å². The first-order chi connectivity index (χ1) is 33.1. The van der Waals surface area contributed by atoms with Crippen LogP contribution in [0.1, 0.15) is 78.7 Å². The predicted molar refractivity (Wildman–Crippen MR) is 258 cm³/mol. The molecule has 3 fully saturated rings. The summed E-state index contributed by atoms with van der Waals surface area (Å²) >= 11 is 0. The van der Waals surface area contributed by atoms with Gasteiger partial charge in [0.2, 0.25) is 6.79 Å². The number of aliphatic hydroxyl groups excluding tert-OH is 3. The second-order valence-electron chi connectivity index (χ2n) is 19.1. The van der Waals surface area contributed by atoms with E-state index in [4.69, 9.17) is 47.5 Å². The Morgan fingerprint density at radius 3 is 2.39 bits per heavy atom. The van der Waals surface area contributed by atoms with Crippen LogP contribution >= 0.6 is 0 Å². The summed E-state index contributed by atoms with van der Waals surface area (Å²) in [4.78, 5) is 35.8. The molecule has 0 aromatic heterocycles. The molecule has 0 spiro atoms. The number of rotatable bonds is 15. The van der Waals surface area contributed by atoms with E-state index in [0.717, 1.165) is 11.1 Å². The first-order valence-electron chi connectivity index (χ1n) is 24.6. The van der Waals surface area contributed by atoms with Crippen molar-refractivity contribution < 1.29 is 72.4 Å². The average molecular weight is 973 g/mol. The van der Waals surface area contributed by atoms with Crippen molar-refractivity contribution in [2.24, 2.45) is 28.8 Å². The van der Waals surface area contributed by atoms with Crippen LogP contribution in [0.25, 0.3) is 6.08 Å². The van der Waals surface area contributed by atoms with E-state index < -0.39 is 97.1 Å². The second kappa shape index (κ2) is 28.6. The molecule has 0 amide bonds. The number of allylic oxidation sites excluding steroid dienone is 3. The average Bonchev–Trinajstić information content (AvgIpc) is 3.35. The Morgan fingerprint density at radius 2 is 1.68 bits per heavy atom. The third kappa shape index (κ3) is 16.6. The molecule has 2 bridgehead atoms. The molecule has 5 rings (SSSR count). The van der Waals surface area contributed by atoms with Crippen molar-refractivity contribution in [1.29, 1.82) is 0 Å². The number of likely N-dealkylation sites (N-methyl/N-ethyl adjacent to an activating group) is 1. The highest BCUT2D eigenvalue weighted by Gasteiger charge is 2.48. The lowest BCUT2D eigenvalue weighted by Crippen LogP contribution is -2.63. The SMILES string of the molecule is CC[C@H]1OC(=O)C[C@H]2OC/C(=N/OCOC/C=C/c3ccccc3)COCCC(C[C@@H](C)C(=O)/C=C/C(C)=C/[C@@H]1CO[C@@H]1CC[C@@H](O)[C@@H](OC)[C@H]1OC)[C@H](O[C@@H]1O[C@H](C)[C@@H](O)[C@H](N(C)C)[C@H]1O)[C@H]2C. The number of cyclic esters (lactones) is 1. The van der Waals surface area contributed by atoms with Gasteiger partial charge >= 0.3 is 5.97 Å². The highest BCUT2D eigenvalue weighted by molar-refractivity contribution is 5.91. The molecule has 1 aromatic carbocycles. The largest absolute Gasteiger partial charge is 0.462 e. The number of ether oxygens (including phenoxy) is 9. The van der Waals surface area contributed by atoms with E-state index in [2.05, 4.69) is 5.16 Å². The van der Waals surface area contributed by atoms with Crippen LogP contribution in [0.3, 0.4) is 0 Å². The molecule has 3 heterocycles. The third-order valence-corrected chi connectivity index (χ3v) is 13.8. The Bertz CT molecular complexity index is 1830. The Hall–Kier alpha value is -3.43. The monoisotopic (exact) mass is 973 g/mol. The van der Waals surface area contributed by atoms with Crippen LogP contribution in [0.5, 0.6) is 0 Å². The van der Waals surface area contributed by atoms with E-state index in [-0.39, 0.29) is 51.3 Å². The van der Waals surface area contributed by atoms with Gasteiger partial charge in [-0.05, 0) is 77.6 Å². The third-order valence-electron chi connectivity index (χ3n) is 13.8. The Kier molecular flexibility index (Phi) is 23.4. The maximum absolute atomic E-state index is 14.4.